The summed E-state index contributed by atoms with van der Waals surface area (Å²) in [7, 11) is -3.26. The number of nitriles is 1. The second-order valence-corrected chi connectivity index (χ2v) is 9.68. The number of aromatic amines is 1. The largest absolute Gasteiger partial charge is 0.416 e. The van der Waals surface area contributed by atoms with Crippen molar-refractivity contribution in [2.75, 3.05) is 6.26 Å². The van der Waals surface area contributed by atoms with Gasteiger partial charge in [0.25, 0.3) is 0 Å². The zero-order valence-corrected chi connectivity index (χ0v) is 17.5. The number of nitrogens with zero attached hydrogens (tertiary/aromatic N) is 1. The molecule has 0 aliphatic heterocycles. The minimum Gasteiger partial charge on any atom is -0.361 e. The van der Waals surface area contributed by atoms with Crippen LogP contribution in [0, 0.1) is 11.3 Å². The quantitative estimate of drug-likeness (QED) is 0.510. The summed E-state index contributed by atoms with van der Waals surface area (Å²) in [6, 6.07) is 10.5. The van der Waals surface area contributed by atoms with Crippen molar-refractivity contribution in [1.29, 1.82) is 5.26 Å². The van der Waals surface area contributed by atoms with Gasteiger partial charge in [-0.05, 0) is 35.2 Å². The molecule has 0 amide bonds. The molecule has 1 aromatic heterocycles. The van der Waals surface area contributed by atoms with Gasteiger partial charge in [-0.2, -0.15) is 18.4 Å². The number of nitrogens with one attached hydrogen (secondary N) is 1. The van der Waals surface area contributed by atoms with Crippen LogP contribution in [-0.4, -0.2) is 19.7 Å². The van der Waals surface area contributed by atoms with Gasteiger partial charge in [-0.3, -0.25) is 0 Å². The maximum absolute atomic E-state index is 13.0. The van der Waals surface area contributed by atoms with Gasteiger partial charge in [0.15, 0.2) is 9.84 Å². The first-order valence-electron chi connectivity index (χ1n) is 9.01. The Kier molecular flexibility index (Phi) is 6.16. The van der Waals surface area contributed by atoms with Gasteiger partial charge in [0.2, 0.25) is 0 Å². The molecule has 3 aromatic rings. The second-order valence-electron chi connectivity index (χ2n) is 7.14. The highest BCUT2D eigenvalue weighted by Crippen LogP contribution is 2.40. The van der Waals surface area contributed by atoms with Crippen molar-refractivity contribution in [2.45, 2.75) is 30.7 Å². The lowest BCUT2D eigenvalue weighted by Gasteiger charge is -2.19. The van der Waals surface area contributed by atoms with Gasteiger partial charge in [0, 0.05) is 40.7 Å². The van der Waals surface area contributed by atoms with E-state index in [0.29, 0.717) is 23.1 Å². The molecule has 1 unspecified atom stereocenters. The van der Waals surface area contributed by atoms with E-state index < -0.39 is 27.5 Å². The van der Waals surface area contributed by atoms with E-state index in [0.717, 1.165) is 29.3 Å². The van der Waals surface area contributed by atoms with Crippen molar-refractivity contribution in [3.05, 3.63) is 69.9 Å². The fourth-order valence-electron chi connectivity index (χ4n) is 3.60. The van der Waals surface area contributed by atoms with E-state index in [4.69, 9.17) is 16.9 Å². The molecule has 3 rings (SSSR count). The molecule has 0 saturated carbocycles. The number of rotatable bonds is 6. The van der Waals surface area contributed by atoms with Crippen molar-refractivity contribution in [3.8, 4) is 6.07 Å². The molecule has 0 bridgehead atoms. The smallest absolute Gasteiger partial charge is 0.361 e. The van der Waals surface area contributed by atoms with Gasteiger partial charge in [-0.1, -0.05) is 35.9 Å². The van der Waals surface area contributed by atoms with E-state index in [1.807, 2.05) is 6.07 Å². The Hall–Kier alpha value is -2.50. The standard InChI is InChI=1S/C21H18ClF3N2O2S/c1-30(28,29)12-13-4-2-5-17-18(11-27-20(13)17)15(6-3-9-26)16-8-7-14(10-19(16)22)21(23,24)25/h2,4-5,7-8,10-11,15,27H,3,6,12H2,1H3. The normalized spacial score (nSPS) is 13.3. The minimum absolute atomic E-state index is 0.0330. The molecule has 158 valence electrons. The van der Waals surface area contributed by atoms with Crippen LogP contribution < -0.4 is 0 Å². The first kappa shape index (κ1) is 22.2. The fourth-order valence-corrected chi connectivity index (χ4v) is 4.72. The molecule has 0 aliphatic carbocycles. The van der Waals surface area contributed by atoms with E-state index in [1.54, 1.807) is 18.3 Å². The van der Waals surface area contributed by atoms with Crippen LogP contribution in [0.1, 0.15) is 41.0 Å². The molecule has 1 N–H and O–H groups in total. The summed E-state index contributed by atoms with van der Waals surface area (Å²) in [5.74, 6) is -0.574. The number of sulfone groups is 1. The topological polar surface area (TPSA) is 73.7 Å². The lowest BCUT2D eigenvalue weighted by molar-refractivity contribution is -0.137. The first-order chi connectivity index (χ1) is 14.0. The van der Waals surface area contributed by atoms with E-state index in [1.165, 1.54) is 6.07 Å². The van der Waals surface area contributed by atoms with Crippen LogP contribution in [0.25, 0.3) is 10.9 Å². The van der Waals surface area contributed by atoms with Crippen LogP contribution in [-0.2, 0) is 21.8 Å². The molecule has 1 atom stereocenters. The molecular weight excluding hydrogens is 437 g/mol. The number of H-pyrrole nitrogens is 1. The second kappa shape index (κ2) is 8.32. The SMILES string of the molecule is CS(=O)(=O)Cc1cccc2c(C(CCC#N)c3ccc(C(F)(F)F)cc3Cl)c[nH]c12. The molecule has 4 nitrogen and oxygen atoms in total. The number of hydrogen-bond donors (Lipinski definition) is 1. The lowest BCUT2D eigenvalue weighted by atomic mass is 9.86. The summed E-state index contributed by atoms with van der Waals surface area (Å²) >= 11 is 6.22. The number of para-hydroxylation sites is 1. The number of fused-ring (bicyclic) bond motifs is 1. The first-order valence-corrected chi connectivity index (χ1v) is 11.5. The Morgan fingerprint density at radius 1 is 1.20 bits per heavy atom. The van der Waals surface area contributed by atoms with Crippen LogP contribution in [0.2, 0.25) is 5.02 Å². The lowest BCUT2D eigenvalue weighted by Crippen LogP contribution is -2.07. The van der Waals surface area contributed by atoms with Crippen molar-refractivity contribution >= 4 is 32.3 Å². The third-order valence-corrected chi connectivity index (χ3v) is 6.04. The molecule has 2 aromatic carbocycles. The Morgan fingerprint density at radius 2 is 1.93 bits per heavy atom. The molecule has 0 saturated heterocycles. The molecular formula is C21H18ClF3N2O2S. The van der Waals surface area contributed by atoms with Gasteiger partial charge < -0.3 is 4.98 Å². The summed E-state index contributed by atoms with van der Waals surface area (Å²) in [5.41, 5.74) is 1.62. The van der Waals surface area contributed by atoms with Crippen LogP contribution >= 0.6 is 11.6 Å². The average Bonchev–Trinajstić information content (AvgIpc) is 3.06. The van der Waals surface area contributed by atoms with Gasteiger partial charge >= 0.3 is 6.18 Å². The molecule has 0 fully saturated rings. The van der Waals surface area contributed by atoms with Crippen molar-refractivity contribution < 1.29 is 21.6 Å². The number of hydrogen-bond acceptors (Lipinski definition) is 3. The molecule has 0 aliphatic rings. The average molecular weight is 455 g/mol. The Labute approximate surface area is 177 Å². The highest BCUT2D eigenvalue weighted by atomic mass is 35.5. The predicted molar refractivity (Wildman–Crippen MR) is 110 cm³/mol. The summed E-state index contributed by atoms with van der Waals surface area (Å²) in [6.45, 7) is 0. The van der Waals surface area contributed by atoms with Crippen LogP contribution in [0.15, 0.2) is 42.6 Å². The molecule has 30 heavy (non-hydrogen) atoms. The van der Waals surface area contributed by atoms with Crippen LogP contribution in [0.3, 0.4) is 0 Å². The van der Waals surface area contributed by atoms with E-state index in [2.05, 4.69) is 11.1 Å². The van der Waals surface area contributed by atoms with Gasteiger partial charge in [0.05, 0.1) is 17.4 Å². The van der Waals surface area contributed by atoms with Gasteiger partial charge in [-0.15, -0.1) is 0 Å². The van der Waals surface area contributed by atoms with Gasteiger partial charge in [-0.25, -0.2) is 8.42 Å². The minimum atomic E-state index is -4.51. The summed E-state index contributed by atoms with van der Waals surface area (Å²) in [5, 5.41) is 9.77. The van der Waals surface area contributed by atoms with Gasteiger partial charge in [0.1, 0.15) is 0 Å². The number of benzene rings is 2. The summed E-state index contributed by atoms with van der Waals surface area (Å²) < 4.78 is 62.5. The maximum Gasteiger partial charge on any atom is 0.416 e. The summed E-state index contributed by atoms with van der Waals surface area (Å²) in [6.07, 6.45) is -1.13. The summed E-state index contributed by atoms with van der Waals surface area (Å²) in [4.78, 5) is 3.09. The maximum atomic E-state index is 13.0. The molecule has 0 radical (unpaired) electrons. The Balaban J connectivity index is 2.13. The van der Waals surface area contributed by atoms with Crippen molar-refractivity contribution in [3.63, 3.8) is 0 Å². The van der Waals surface area contributed by atoms with E-state index in [-0.39, 0.29) is 17.2 Å². The molecule has 0 spiro atoms. The van der Waals surface area contributed by atoms with E-state index >= 15 is 0 Å². The highest BCUT2D eigenvalue weighted by Gasteiger charge is 2.32. The van der Waals surface area contributed by atoms with E-state index in [9.17, 15) is 21.6 Å². The van der Waals surface area contributed by atoms with Crippen molar-refractivity contribution in [2.24, 2.45) is 0 Å². The number of halogens is 4. The molecule has 9 heteroatoms. The highest BCUT2D eigenvalue weighted by molar-refractivity contribution is 7.89. The monoisotopic (exact) mass is 454 g/mol. The van der Waals surface area contributed by atoms with Crippen molar-refractivity contribution in [1.82, 2.24) is 4.98 Å². The van der Waals surface area contributed by atoms with Crippen LogP contribution in [0.4, 0.5) is 13.2 Å². The third kappa shape index (κ3) is 4.79. The molecule has 1 heterocycles. The zero-order valence-electron chi connectivity index (χ0n) is 15.9. The van der Waals surface area contributed by atoms with Crippen LogP contribution in [0.5, 0.6) is 0 Å². The Morgan fingerprint density at radius 3 is 2.53 bits per heavy atom. The Bertz CT molecular complexity index is 1230. The predicted octanol–water partition coefficient (Wildman–Crippen LogP) is 5.82. The number of alkyl halides is 3. The fraction of sp³-hybridized carbons (Fsp3) is 0.286. The zero-order chi connectivity index (χ0) is 22.1. The number of aromatic nitrogens is 1. The third-order valence-electron chi connectivity index (χ3n) is 4.87.